The number of hydrogen-bond acceptors (Lipinski definition) is 3. The lowest BCUT2D eigenvalue weighted by Crippen LogP contribution is -2.02. The lowest BCUT2D eigenvalue weighted by molar-refractivity contribution is 0.397. The quantitative estimate of drug-likeness (QED) is 0.511. The summed E-state index contributed by atoms with van der Waals surface area (Å²) >= 11 is 6.29. The van der Waals surface area contributed by atoms with Crippen molar-refractivity contribution in [2.45, 2.75) is 6.42 Å². The highest BCUT2D eigenvalue weighted by Gasteiger charge is 2.30. The molecule has 0 aliphatic heterocycles. The number of halogens is 2. The molecule has 122 valence electrons. The van der Waals surface area contributed by atoms with E-state index in [-0.39, 0.29) is 22.0 Å². The van der Waals surface area contributed by atoms with E-state index in [0.29, 0.717) is 17.7 Å². The molecule has 0 amide bonds. The predicted octanol–water partition coefficient (Wildman–Crippen LogP) is 4.99. The Bertz CT molecular complexity index is 1040. The van der Waals surface area contributed by atoms with Crippen LogP contribution in [0.25, 0.3) is 22.4 Å². The molecule has 1 heterocycles. The fraction of sp³-hybridized carbons (Fsp3) is 0.100. The average molecular weight is 351 g/mol. The lowest BCUT2D eigenvalue weighted by Gasteiger charge is -2.15. The molecule has 0 radical (unpaired) electrons. The van der Waals surface area contributed by atoms with E-state index in [1.165, 1.54) is 13.2 Å². The predicted molar refractivity (Wildman–Crippen MR) is 94.2 cm³/mol. The highest BCUT2D eigenvalue weighted by Crippen LogP contribution is 2.46. The first-order valence-electron chi connectivity index (χ1n) is 7.69. The van der Waals surface area contributed by atoms with Crippen LogP contribution >= 0.6 is 11.6 Å². The number of nitriles is 1. The SMILES string of the molecule is COc1nc2c(c(-c3c(F)cccc3Cl)c1C#N)Cc1ccccc1-2. The van der Waals surface area contributed by atoms with Gasteiger partial charge in [-0.05, 0) is 23.3 Å². The standard InChI is InChI=1S/C20H12ClFN2O/c1-25-20-14(10-23)17(18-15(21)7-4-8-16(18)22)13-9-11-5-2-3-6-12(11)19(13)24-20/h2-8H,9H2,1H3. The molecule has 0 saturated carbocycles. The summed E-state index contributed by atoms with van der Waals surface area (Å²) in [5, 5.41) is 9.94. The molecule has 4 rings (SSSR count). The van der Waals surface area contributed by atoms with Gasteiger partial charge in [-0.3, -0.25) is 0 Å². The summed E-state index contributed by atoms with van der Waals surface area (Å²) < 4.78 is 19.9. The zero-order chi connectivity index (χ0) is 17.6. The molecule has 0 unspecified atom stereocenters. The topological polar surface area (TPSA) is 45.9 Å². The Morgan fingerprint density at radius 3 is 2.68 bits per heavy atom. The van der Waals surface area contributed by atoms with Crippen LogP contribution in [0.5, 0.6) is 5.88 Å². The van der Waals surface area contributed by atoms with E-state index >= 15 is 0 Å². The first-order valence-corrected chi connectivity index (χ1v) is 8.07. The Morgan fingerprint density at radius 2 is 1.96 bits per heavy atom. The van der Waals surface area contributed by atoms with Crippen molar-refractivity contribution in [1.29, 1.82) is 5.26 Å². The lowest BCUT2D eigenvalue weighted by atomic mass is 9.94. The Hall–Kier alpha value is -2.90. The van der Waals surface area contributed by atoms with E-state index in [1.54, 1.807) is 12.1 Å². The molecular formula is C20H12ClFN2O. The first-order chi connectivity index (χ1) is 12.2. The molecule has 3 aromatic rings. The van der Waals surface area contributed by atoms with Gasteiger partial charge in [0.25, 0.3) is 0 Å². The van der Waals surface area contributed by atoms with Gasteiger partial charge in [-0.2, -0.15) is 5.26 Å². The van der Waals surface area contributed by atoms with E-state index in [0.717, 1.165) is 16.7 Å². The van der Waals surface area contributed by atoms with Gasteiger partial charge < -0.3 is 4.74 Å². The van der Waals surface area contributed by atoms with Crippen LogP contribution in [0.4, 0.5) is 4.39 Å². The van der Waals surface area contributed by atoms with E-state index in [2.05, 4.69) is 11.1 Å². The minimum Gasteiger partial charge on any atom is -0.480 e. The number of pyridine rings is 1. The molecule has 0 saturated heterocycles. The number of methoxy groups -OCH3 is 1. The summed E-state index contributed by atoms with van der Waals surface area (Å²) in [7, 11) is 1.45. The molecule has 0 bridgehead atoms. The van der Waals surface area contributed by atoms with E-state index in [4.69, 9.17) is 16.3 Å². The summed E-state index contributed by atoms with van der Waals surface area (Å²) in [6.45, 7) is 0. The van der Waals surface area contributed by atoms with Crippen LogP contribution in [0, 0.1) is 17.1 Å². The molecule has 25 heavy (non-hydrogen) atoms. The number of fused-ring (bicyclic) bond motifs is 3. The maximum Gasteiger partial charge on any atom is 0.232 e. The molecule has 5 heteroatoms. The van der Waals surface area contributed by atoms with Crippen LogP contribution in [0.1, 0.15) is 16.7 Å². The zero-order valence-electron chi connectivity index (χ0n) is 13.3. The second-order valence-corrected chi connectivity index (χ2v) is 6.15. The van der Waals surface area contributed by atoms with Crippen LogP contribution in [0.3, 0.4) is 0 Å². The molecule has 0 N–H and O–H groups in total. The third-order valence-corrected chi connectivity index (χ3v) is 4.74. The van der Waals surface area contributed by atoms with Gasteiger partial charge in [-0.1, -0.05) is 41.9 Å². The monoisotopic (exact) mass is 350 g/mol. The molecular weight excluding hydrogens is 339 g/mol. The highest BCUT2D eigenvalue weighted by atomic mass is 35.5. The number of ether oxygens (including phenoxy) is 1. The van der Waals surface area contributed by atoms with Crippen molar-refractivity contribution in [2.24, 2.45) is 0 Å². The first kappa shape index (κ1) is 15.6. The number of hydrogen-bond donors (Lipinski definition) is 0. The van der Waals surface area contributed by atoms with Gasteiger partial charge in [0.2, 0.25) is 5.88 Å². The zero-order valence-corrected chi connectivity index (χ0v) is 14.1. The van der Waals surface area contributed by atoms with Crippen molar-refractivity contribution in [3.05, 3.63) is 70.0 Å². The largest absolute Gasteiger partial charge is 0.480 e. The normalized spacial score (nSPS) is 11.6. The minimum absolute atomic E-state index is 0.173. The Balaban J connectivity index is 2.14. The van der Waals surface area contributed by atoms with Crippen molar-refractivity contribution < 1.29 is 9.13 Å². The third kappa shape index (κ3) is 2.28. The minimum atomic E-state index is -0.476. The molecule has 0 spiro atoms. The molecule has 2 aromatic carbocycles. The maximum atomic E-state index is 14.6. The summed E-state index contributed by atoms with van der Waals surface area (Å²) in [6, 6.07) is 14.4. The fourth-order valence-electron chi connectivity index (χ4n) is 3.36. The molecule has 1 aromatic heterocycles. The molecule has 3 nitrogen and oxygen atoms in total. The van der Waals surface area contributed by atoms with Crippen LogP contribution in [-0.2, 0) is 6.42 Å². The highest BCUT2D eigenvalue weighted by molar-refractivity contribution is 6.33. The fourth-order valence-corrected chi connectivity index (χ4v) is 3.61. The summed E-state index contributed by atoms with van der Waals surface area (Å²) in [5.74, 6) is -0.303. The van der Waals surface area contributed by atoms with Crippen molar-refractivity contribution >= 4 is 11.6 Å². The van der Waals surface area contributed by atoms with Crippen LogP contribution in [0.2, 0.25) is 5.02 Å². The molecule has 1 aliphatic rings. The van der Waals surface area contributed by atoms with Crippen molar-refractivity contribution in [2.75, 3.05) is 7.11 Å². The second kappa shape index (κ2) is 5.87. The van der Waals surface area contributed by atoms with Gasteiger partial charge in [0, 0.05) is 23.1 Å². The Labute approximate surface area is 149 Å². The summed E-state index contributed by atoms with van der Waals surface area (Å²) in [4.78, 5) is 4.52. The Morgan fingerprint density at radius 1 is 1.16 bits per heavy atom. The van der Waals surface area contributed by atoms with Gasteiger partial charge in [0.05, 0.1) is 17.8 Å². The van der Waals surface area contributed by atoms with Crippen LogP contribution in [-0.4, -0.2) is 12.1 Å². The van der Waals surface area contributed by atoms with Crippen molar-refractivity contribution in [3.8, 4) is 34.3 Å². The molecule has 0 atom stereocenters. The molecule has 0 fully saturated rings. The average Bonchev–Trinajstić information content (AvgIpc) is 2.99. The Kier molecular flexibility index (Phi) is 3.67. The second-order valence-electron chi connectivity index (χ2n) is 5.74. The van der Waals surface area contributed by atoms with Crippen molar-refractivity contribution in [1.82, 2.24) is 4.98 Å². The van der Waals surface area contributed by atoms with Crippen molar-refractivity contribution in [3.63, 3.8) is 0 Å². The van der Waals surface area contributed by atoms with Gasteiger partial charge in [0.1, 0.15) is 17.4 Å². The smallest absolute Gasteiger partial charge is 0.232 e. The van der Waals surface area contributed by atoms with Gasteiger partial charge >= 0.3 is 0 Å². The van der Waals surface area contributed by atoms with E-state index in [1.807, 2.05) is 24.3 Å². The van der Waals surface area contributed by atoms with Crippen LogP contribution in [0.15, 0.2) is 42.5 Å². The third-order valence-electron chi connectivity index (χ3n) is 4.42. The summed E-state index contributed by atoms with van der Waals surface area (Å²) in [6.07, 6.45) is 0.567. The summed E-state index contributed by atoms with van der Waals surface area (Å²) in [5.41, 5.74) is 4.42. The number of benzene rings is 2. The number of rotatable bonds is 2. The van der Waals surface area contributed by atoms with Gasteiger partial charge in [0.15, 0.2) is 0 Å². The van der Waals surface area contributed by atoms with Gasteiger partial charge in [-0.15, -0.1) is 0 Å². The maximum absolute atomic E-state index is 14.6. The molecule has 1 aliphatic carbocycles. The number of aromatic nitrogens is 1. The van der Waals surface area contributed by atoms with Gasteiger partial charge in [-0.25, -0.2) is 9.37 Å². The van der Waals surface area contributed by atoms with E-state index in [9.17, 15) is 9.65 Å². The van der Waals surface area contributed by atoms with Crippen LogP contribution < -0.4 is 4.74 Å². The number of nitrogens with zero attached hydrogens (tertiary/aromatic N) is 2. The van der Waals surface area contributed by atoms with E-state index < -0.39 is 5.82 Å².